The molecular weight excluding hydrogens is 619 g/mol. The van der Waals surface area contributed by atoms with E-state index in [2.05, 4.69) is 195 Å². The summed E-state index contributed by atoms with van der Waals surface area (Å²) in [4.78, 5) is 2.39. The third kappa shape index (κ3) is 4.64. The zero-order chi connectivity index (χ0) is 34.1. The molecule has 0 atom stereocenters. The van der Waals surface area contributed by atoms with Crippen LogP contribution < -0.4 is 4.90 Å². The Morgan fingerprint density at radius 1 is 0.392 bits per heavy atom. The lowest BCUT2D eigenvalue weighted by Gasteiger charge is -2.27. The summed E-state index contributed by atoms with van der Waals surface area (Å²) < 4.78 is 6.70. The van der Waals surface area contributed by atoms with E-state index in [0.717, 1.165) is 55.5 Å². The monoisotopic (exact) mass is 653 g/mol. The van der Waals surface area contributed by atoms with Crippen LogP contribution >= 0.6 is 0 Å². The summed E-state index contributed by atoms with van der Waals surface area (Å²) in [7, 11) is 0. The Bertz CT molecular complexity index is 2770. The molecule has 0 bridgehead atoms. The van der Waals surface area contributed by atoms with Crippen molar-refractivity contribution >= 4 is 49.8 Å². The smallest absolute Gasteiger partial charge is 0.143 e. The van der Waals surface area contributed by atoms with Gasteiger partial charge in [-0.2, -0.15) is 0 Å². The summed E-state index contributed by atoms with van der Waals surface area (Å²) in [5.74, 6) is 0. The molecule has 0 radical (unpaired) electrons. The molecule has 2 nitrogen and oxygen atoms in total. The van der Waals surface area contributed by atoms with Crippen LogP contribution in [-0.4, -0.2) is 0 Å². The fourth-order valence-corrected chi connectivity index (χ4v) is 8.29. The molecule has 9 aromatic rings. The highest BCUT2D eigenvalue weighted by Gasteiger charge is 2.35. The van der Waals surface area contributed by atoms with Crippen molar-refractivity contribution < 1.29 is 4.42 Å². The normalized spacial score (nSPS) is 13.1. The van der Waals surface area contributed by atoms with Gasteiger partial charge in [-0.15, -0.1) is 0 Å². The minimum absolute atomic E-state index is 0.0475. The van der Waals surface area contributed by atoms with Gasteiger partial charge in [-0.05, 0) is 86.8 Å². The second kappa shape index (κ2) is 11.3. The van der Waals surface area contributed by atoms with Gasteiger partial charge in [0.25, 0.3) is 0 Å². The molecule has 1 aliphatic carbocycles. The third-order valence-corrected chi connectivity index (χ3v) is 10.9. The van der Waals surface area contributed by atoms with E-state index < -0.39 is 0 Å². The SMILES string of the molecule is CC1(C)c2ccccc2-c2cc(N(c3ccc(-c4cccc5c4oc4c6ccccc6ccc54)cc3)c3cccc(-c4ccccc4)c3)ccc21. The molecule has 242 valence electrons. The van der Waals surface area contributed by atoms with Gasteiger partial charge in [-0.3, -0.25) is 0 Å². The van der Waals surface area contributed by atoms with Crippen molar-refractivity contribution in [2.45, 2.75) is 19.3 Å². The lowest BCUT2D eigenvalue weighted by Crippen LogP contribution is -2.15. The average molecular weight is 654 g/mol. The first-order chi connectivity index (χ1) is 25.0. The fourth-order valence-electron chi connectivity index (χ4n) is 8.29. The fraction of sp³-hybridized carbons (Fsp3) is 0.0612. The molecule has 10 rings (SSSR count). The second-order valence-corrected chi connectivity index (χ2v) is 14.1. The minimum Gasteiger partial charge on any atom is -0.455 e. The maximum absolute atomic E-state index is 6.70. The maximum Gasteiger partial charge on any atom is 0.143 e. The van der Waals surface area contributed by atoms with Crippen LogP contribution in [0.15, 0.2) is 180 Å². The van der Waals surface area contributed by atoms with Crippen LogP contribution in [-0.2, 0) is 5.41 Å². The van der Waals surface area contributed by atoms with E-state index in [1.54, 1.807) is 0 Å². The molecule has 0 N–H and O–H groups in total. The topological polar surface area (TPSA) is 16.4 Å². The first-order valence-electron chi connectivity index (χ1n) is 17.7. The number of furan rings is 1. The van der Waals surface area contributed by atoms with Crippen molar-refractivity contribution in [3.8, 4) is 33.4 Å². The molecule has 0 saturated heterocycles. The van der Waals surface area contributed by atoms with E-state index in [-0.39, 0.29) is 5.41 Å². The van der Waals surface area contributed by atoms with Crippen molar-refractivity contribution in [3.05, 3.63) is 187 Å². The van der Waals surface area contributed by atoms with Gasteiger partial charge in [-0.1, -0.05) is 147 Å². The molecule has 0 spiro atoms. The van der Waals surface area contributed by atoms with Gasteiger partial charge < -0.3 is 9.32 Å². The maximum atomic E-state index is 6.70. The number of benzene rings is 8. The number of rotatable bonds is 5. The molecule has 1 aliphatic rings. The minimum atomic E-state index is -0.0475. The van der Waals surface area contributed by atoms with E-state index in [4.69, 9.17) is 4.42 Å². The van der Waals surface area contributed by atoms with Crippen LogP contribution in [0, 0.1) is 0 Å². The van der Waals surface area contributed by atoms with Crippen molar-refractivity contribution in [3.63, 3.8) is 0 Å². The molecule has 0 amide bonds. The van der Waals surface area contributed by atoms with Crippen LogP contribution in [0.1, 0.15) is 25.0 Å². The summed E-state index contributed by atoms with van der Waals surface area (Å²) in [6.07, 6.45) is 0. The largest absolute Gasteiger partial charge is 0.455 e. The molecular formula is C49H35NO. The van der Waals surface area contributed by atoms with E-state index in [0.29, 0.717) is 0 Å². The Hall–Kier alpha value is -6.38. The van der Waals surface area contributed by atoms with Gasteiger partial charge in [0.15, 0.2) is 0 Å². The number of nitrogens with zero attached hydrogens (tertiary/aromatic N) is 1. The molecule has 0 unspecified atom stereocenters. The van der Waals surface area contributed by atoms with Crippen molar-refractivity contribution in [2.75, 3.05) is 4.90 Å². The first kappa shape index (κ1) is 29.5. The zero-order valence-electron chi connectivity index (χ0n) is 28.6. The molecule has 2 heteroatoms. The number of para-hydroxylation sites is 1. The molecule has 0 saturated carbocycles. The van der Waals surface area contributed by atoms with Gasteiger partial charge in [0.1, 0.15) is 11.2 Å². The van der Waals surface area contributed by atoms with E-state index in [1.807, 2.05) is 0 Å². The molecule has 1 heterocycles. The highest BCUT2D eigenvalue weighted by molar-refractivity contribution is 6.17. The third-order valence-electron chi connectivity index (χ3n) is 10.9. The zero-order valence-corrected chi connectivity index (χ0v) is 28.6. The van der Waals surface area contributed by atoms with Crippen LogP contribution in [0.5, 0.6) is 0 Å². The van der Waals surface area contributed by atoms with Crippen LogP contribution in [0.2, 0.25) is 0 Å². The van der Waals surface area contributed by atoms with Crippen molar-refractivity contribution in [1.82, 2.24) is 0 Å². The Balaban J connectivity index is 1.12. The van der Waals surface area contributed by atoms with Gasteiger partial charge >= 0.3 is 0 Å². The lowest BCUT2D eigenvalue weighted by molar-refractivity contribution is 0.660. The molecule has 8 aromatic carbocycles. The lowest BCUT2D eigenvalue weighted by atomic mass is 9.82. The Morgan fingerprint density at radius 3 is 1.92 bits per heavy atom. The Morgan fingerprint density at radius 2 is 1.04 bits per heavy atom. The number of anilines is 3. The summed E-state index contributed by atoms with van der Waals surface area (Å²) in [5.41, 5.74) is 15.1. The molecule has 0 fully saturated rings. The number of hydrogen-bond acceptors (Lipinski definition) is 2. The van der Waals surface area contributed by atoms with E-state index in [1.165, 1.54) is 38.8 Å². The van der Waals surface area contributed by atoms with Crippen LogP contribution in [0.3, 0.4) is 0 Å². The van der Waals surface area contributed by atoms with Crippen molar-refractivity contribution in [2.24, 2.45) is 0 Å². The van der Waals surface area contributed by atoms with Crippen LogP contribution in [0.4, 0.5) is 17.1 Å². The predicted octanol–water partition coefficient (Wildman–Crippen LogP) is 13.8. The summed E-state index contributed by atoms with van der Waals surface area (Å²) in [6, 6.07) is 63.6. The standard InChI is InChI=1S/C49H35NO/c1-49(2)45-21-9-8-18-41(45)44-31-38(27-29-46(44)49)50(37-16-10-15-35(30-37)32-12-4-3-5-13-32)36-25-22-34(23-26-36)40-19-11-20-42-43-28-24-33-14-6-7-17-39(33)48(43)51-47(40)42/h3-31H,1-2H3. The Labute approximate surface area is 297 Å². The van der Waals surface area contributed by atoms with Crippen molar-refractivity contribution in [1.29, 1.82) is 0 Å². The highest BCUT2D eigenvalue weighted by Crippen LogP contribution is 2.51. The van der Waals surface area contributed by atoms with Gasteiger partial charge in [0.2, 0.25) is 0 Å². The summed E-state index contributed by atoms with van der Waals surface area (Å²) >= 11 is 0. The van der Waals surface area contributed by atoms with Crippen LogP contribution in [0.25, 0.3) is 66.1 Å². The number of fused-ring (bicyclic) bond motifs is 8. The highest BCUT2D eigenvalue weighted by atomic mass is 16.3. The average Bonchev–Trinajstić information content (AvgIpc) is 3.68. The first-order valence-corrected chi connectivity index (χ1v) is 17.7. The second-order valence-electron chi connectivity index (χ2n) is 14.1. The summed E-state index contributed by atoms with van der Waals surface area (Å²) in [5, 5.41) is 4.61. The van der Waals surface area contributed by atoms with E-state index in [9.17, 15) is 0 Å². The quantitative estimate of drug-likeness (QED) is 0.184. The van der Waals surface area contributed by atoms with Gasteiger partial charge in [0.05, 0.1) is 0 Å². The van der Waals surface area contributed by atoms with Gasteiger partial charge in [0, 0.05) is 44.2 Å². The Kier molecular flexibility index (Phi) is 6.56. The molecule has 51 heavy (non-hydrogen) atoms. The predicted molar refractivity (Wildman–Crippen MR) is 214 cm³/mol. The van der Waals surface area contributed by atoms with Gasteiger partial charge in [-0.25, -0.2) is 0 Å². The molecule has 1 aromatic heterocycles. The molecule has 0 aliphatic heterocycles. The van der Waals surface area contributed by atoms with E-state index >= 15 is 0 Å². The number of hydrogen-bond donors (Lipinski definition) is 0. The summed E-state index contributed by atoms with van der Waals surface area (Å²) in [6.45, 7) is 4.67.